The smallest absolute Gasteiger partial charge is 0.351 e. The predicted molar refractivity (Wildman–Crippen MR) is 65.9 cm³/mol. The number of fused-ring (bicyclic) bond motifs is 3. The second-order valence-corrected chi connectivity index (χ2v) is 4.59. The van der Waals surface area contributed by atoms with Crippen LogP contribution in [0.15, 0.2) is 25.8 Å². The van der Waals surface area contributed by atoms with E-state index in [0.717, 1.165) is 10.9 Å². The van der Waals surface area contributed by atoms with Crippen molar-refractivity contribution < 1.29 is 13.9 Å². The summed E-state index contributed by atoms with van der Waals surface area (Å²) in [6.45, 7) is 2.84. The Bertz CT molecular complexity index is 660. The molecular weight excluding hydrogens is 288 g/mol. The SMILES string of the molecule is Cc1c(Br)c(=O)oc2c3c(ccc12)OCCO3. The standard InChI is InChI=1S/C12H9BrO4/c1-6-7-2-3-8-11(16-5-4-15-8)10(7)17-12(14)9(6)13/h2-3H,4-5H2,1H3. The van der Waals surface area contributed by atoms with Gasteiger partial charge < -0.3 is 13.9 Å². The molecule has 1 aliphatic heterocycles. The molecule has 3 rings (SSSR count). The third-order valence-corrected chi connectivity index (χ3v) is 3.69. The van der Waals surface area contributed by atoms with Crippen LogP contribution in [0.3, 0.4) is 0 Å². The summed E-state index contributed by atoms with van der Waals surface area (Å²) in [6, 6.07) is 3.70. The van der Waals surface area contributed by atoms with Gasteiger partial charge in [-0.05, 0) is 40.5 Å². The second kappa shape index (κ2) is 3.77. The Balaban J connectivity index is 2.44. The van der Waals surface area contributed by atoms with Gasteiger partial charge in [-0.15, -0.1) is 0 Å². The first-order valence-corrected chi connectivity index (χ1v) is 5.99. The van der Waals surface area contributed by atoms with Crippen molar-refractivity contribution in [2.75, 3.05) is 13.2 Å². The average molecular weight is 297 g/mol. The zero-order chi connectivity index (χ0) is 12.0. The van der Waals surface area contributed by atoms with Crippen molar-refractivity contribution in [3.05, 3.63) is 32.6 Å². The lowest BCUT2D eigenvalue weighted by Crippen LogP contribution is -2.16. The molecule has 2 heterocycles. The van der Waals surface area contributed by atoms with Crippen molar-refractivity contribution in [1.29, 1.82) is 0 Å². The maximum Gasteiger partial charge on any atom is 0.351 e. The van der Waals surface area contributed by atoms with Gasteiger partial charge in [-0.25, -0.2) is 4.79 Å². The Hall–Kier alpha value is -1.49. The maximum atomic E-state index is 11.6. The molecule has 0 saturated heterocycles. The van der Waals surface area contributed by atoms with Crippen LogP contribution >= 0.6 is 15.9 Å². The molecule has 0 N–H and O–H groups in total. The molecule has 0 unspecified atom stereocenters. The van der Waals surface area contributed by atoms with Gasteiger partial charge in [-0.2, -0.15) is 0 Å². The molecule has 5 heteroatoms. The Morgan fingerprint density at radius 3 is 2.82 bits per heavy atom. The van der Waals surface area contributed by atoms with Gasteiger partial charge in [0.15, 0.2) is 11.3 Å². The highest BCUT2D eigenvalue weighted by atomic mass is 79.9. The first-order chi connectivity index (χ1) is 8.18. The second-order valence-electron chi connectivity index (χ2n) is 3.79. The molecule has 0 fully saturated rings. The van der Waals surface area contributed by atoms with Crippen LogP contribution < -0.4 is 15.1 Å². The molecule has 0 amide bonds. The van der Waals surface area contributed by atoms with Gasteiger partial charge in [-0.1, -0.05) is 0 Å². The third-order valence-electron chi connectivity index (χ3n) is 2.77. The van der Waals surface area contributed by atoms with Gasteiger partial charge in [0.25, 0.3) is 0 Å². The van der Waals surface area contributed by atoms with E-state index in [4.69, 9.17) is 13.9 Å². The minimum atomic E-state index is -0.405. The van der Waals surface area contributed by atoms with Crippen molar-refractivity contribution >= 4 is 26.9 Å². The van der Waals surface area contributed by atoms with E-state index in [1.807, 2.05) is 19.1 Å². The molecule has 1 aromatic carbocycles. The minimum absolute atomic E-state index is 0.405. The summed E-state index contributed by atoms with van der Waals surface area (Å²) >= 11 is 3.22. The Morgan fingerprint density at radius 2 is 2.00 bits per heavy atom. The van der Waals surface area contributed by atoms with Crippen LogP contribution in [0.25, 0.3) is 11.0 Å². The number of aryl methyl sites for hydroxylation is 1. The highest BCUT2D eigenvalue weighted by Gasteiger charge is 2.19. The van der Waals surface area contributed by atoms with E-state index in [1.54, 1.807) is 0 Å². The molecule has 17 heavy (non-hydrogen) atoms. The minimum Gasteiger partial charge on any atom is -0.486 e. The fourth-order valence-electron chi connectivity index (χ4n) is 1.90. The molecule has 1 aromatic heterocycles. The Kier molecular flexibility index (Phi) is 2.36. The average Bonchev–Trinajstić information content (AvgIpc) is 2.36. The van der Waals surface area contributed by atoms with E-state index in [2.05, 4.69) is 15.9 Å². The van der Waals surface area contributed by atoms with E-state index in [9.17, 15) is 4.79 Å². The molecule has 2 aromatic rings. The van der Waals surface area contributed by atoms with E-state index in [0.29, 0.717) is 34.8 Å². The van der Waals surface area contributed by atoms with Crippen LogP contribution in [-0.2, 0) is 0 Å². The van der Waals surface area contributed by atoms with Crippen molar-refractivity contribution in [1.82, 2.24) is 0 Å². The number of ether oxygens (including phenoxy) is 2. The fourth-order valence-corrected chi connectivity index (χ4v) is 2.19. The van der Waals surface area contributed by atoms with Gasteiger partial charge in [-0.3, -0.25) is 0 Å². The molecule has 0 atom stereocenters. The third kappa shape index (κ3) is 1.53. The molecular formula is C12H9BrO4. The first kappa shape index (κ1) is 10.7. The number of benzene rings is 1. The summed E-state index contributed by atoms with van der Waals surface area (Å²) in [7, 11) is 0. The Morgan fingerprint density at radius 1 is 1.24 bits per heavy atom. The molecule has 88 valence electrons. The largest absolute Gasteiger partial charge is 0.486 e. The van der Waals surface area contributed by atoms with Gasteiger partial charge in [0.2, 0.25) is 5.75 Å². The molecule has 1 aliphatic rings. The number of hydrogen-bond acceptors (Lipinski definition) is 4. The summed E-state index contributed by atoms with van der Waals surface area (Å²) in [4.78, 5) is 11.6. The van der Waals surface area contributed by atoms with Crippen LogP contribution in [0, 0.1) is 6.92 Å². The topological polar surface area (TPSA) is 48.7 Å². The lowest BCUT2D eigenvalue weighted by molar-refractivity contribution is 0.171. The van der Waals surface area contributed by atoms with Crippen LogP contribution in [0.2, 0.25) is 0 Å². The van der Waals surface area contributed by atoms with Crippen LogP contribution in [0.4, 0.5) is 0 Å². The van der Waals surface area contributed by atoms with Gasteiger partial charge >= 0.3 is 5.63 Å². The molecule has 4 nitrogen and oxygen atoms in total. The van der Waals surface area contributed by atoms with Gasteiger partial charge in [0.05, 0.1) is 0 Å². The van der Waals surface area contributed by atoms with Crippen LogP contribution in [-0.4, -0.2) is 13.2 Å². The van der Waals surface area contributed by atoms with Gasteiger partial charge in [0, 0.05) is 5.39 Å². The van der Waals surface area contributed by atoms with Crippen LogP contribution in [0.5, 0.6) is 11.5 Å². The number of rotatable bonds is 0. The van der Waals surface area contributed by atoms with Crippen molar-refractivity contribution in [2.24, 2.45) is 0 Å². The molecule has 0 saturated carbocycles. The van der Waals surface area contributed by atoms with Crippen molar-refractivity contribution in [2.45, 2.75) is 6.92 Å². The summed E-state index contributed by atoms with van der Waals surface area (Å²) in [6.07, 6.45) is 0. The van der Waals surface area contributed by atoms with Crippen molar-refractivity contribution in [3.8, 4) is 11.5 Å². The summed E-state index contributed by atoms with van der Waals surface area (Å²) in [5.41, 5.74) is 0.888. The highest BCUT2D eigenvalue weighted by molar-refractivity contribution is 9.10. The highest BCUT2D eigenvalue weighted by Crippen LogP contribution is 2.38. The number of halogens is 1. The van der Waals surface area contributed by atoms with E-state index >= 15 is 0 Å². The lowest BCUT2D eigenvalue weighted by atomic mass is 10.1. The number of hydrogen-bond donors (Lipinski definition) is 0. The van der Waals surface area contributed by atoms with E-state index < -0.39 is 5.63 Å². The Labute approximate surface area is 105 Å². The molecule has 0 bridgehead atoms. The van der Waals surface area contributed by atoms with Crippen LogP contribution in [0.1, 0.15) is 5.56 Å². The normalized spacial score (nSPS) is 14.0. The van der Waals surface area contributed by atoms with E-state index in [-0.39, 0.29) is 0 Å². The monoisotopic (exact) mass is 296 g/mol. The lowest BCUT2D eigenvalue weighted by Gasteiger charge is -2.19. The zero-order valence-electron chi connectivity index (χ0n) is 9.08. The summed E-state index contributed by atoms with van der Waals surface area (Å²) < 4.78 is 16.7. The van der Waals surface area contributed by atoms with Gasteiger partial charge in [0.1, 0.15) is 17.7 Å². The predicted octanol–water partition coefficient (Wildman–Crippen LogP) is 2.64. The van der Waals surface area contributed by atoms with E-state index in [1.165, 1.54) is 0 Å². The van der Waals surface area contributed by atoms with Crippen molar-refractivity contribution in [3.63, 3.8) is 0 Å². The first-order valence-electron chi connectivity index (χ1n) is 5.20. The molecule has 0 spiro atoms. The maximum absolute atomic E-state index is 11.6. The zero-order valence-corrected chi connectivity index (χ0v) is 10.7. The quantitative estimate of drug-likeness (QED) is 0.701. The molecule has 0 aliphatic carbocycles. The fraction of sp³-hybridized carbons (Fsp3) is 0.250. The summed E-state index contributed by atoms with van der Waals surface area (Å²) in [5, 5.41) is 0.848. The summed E-state index contributed by atoms with van der Waals surface area (Å²) in [5.74, 6) is 1.13. The molecule has 0 radical (unpaired) electrons.